The molecule has 1 aromatic carbocycles. The Labute approximate surface area is 162 Å². The Morgan fingerprint density at radius 2 is 1.93 bits per heavy atom. The molecule has 1 amide bonds. The van der Waals surface area contributed by atoms with Crippen LogP contribution in [0.1, 0.15) is 74.5 Å². The fourth-order valence-corrected chi connectivity index (χ4v) is 5.12. The molecule has 4 heteroatoms. The molecule has 0 aromatic heterocycles. The Hall–Kier alpha value is -1.84. The highest BCUT2D eigenvalue weighted by atomic mass is 16.5. The lowest BCUT2D eigenvalue weighted by atomic mass is 9.61. The van der Waals surface area contributed by atoms with Crippen LogP contribution in [0.3, 0.4) is 0 Å². The Balaban J connectivity index is 1.32. The molecule has 4 rings (SSSR count). The van der Waals surface area contributed by atoms with Gasteiger partial charge in [0, 0.05) is 24.4 Å². The Bertz CT molecular complexity index is 757. The van der Waals surface area contributed by atoms with Gasteiger partial charge in [0.15, 0.2) is 0 Å². The van der Waals surface area contributed by atoms with E-state index in [0.717, 1.165) is 25.7 Å². The van der Waals surface area contributed by atoms with E-state index in [9.17, 15) is 9.59 Å². The van der Waals surface area contributed by atoms with Crippen molar-refractivity contribution in [2.24, 2.45) is 11.3 Å². The van der Waals surface area contributed by atoms with Crippen molar-refractivity contribution < 1.29 is 14.3 Å². The van der Waals surface area contributed by atoms with Crippen molar-refractivity contribution in [3.63, 3.8) is 0 Å². The van der Waals surface area contributed by atoms with Gasteiger partial charge in [0.1, 0.15) is 0 Å². The minimum Gasteiger partial charge on any atom is -0.465 e. The average Bonchev–Trinajstić information content (AvgIpc) is 2.93. The first-order valence-corrected chi connectivity index (χ1v) is 10.3. The van der Waals surface area contributed by atoms with E-state index in [1.54, 1.807) is 0 Å². The van der Waals surface area contributed by atoms with Crippen molar-refractivity contribution >= 4 is 11.9 Å². The van der Waals surface area contributed by atoms with E-state index in [1.807, 2.05) is 11.9 Å². The highest BCUT2D eigenvalue weighted by Crippen LogP contribution is 2.52. The molecule has 1 heterocycles. The molecule has 1 saturated heterocycles. The van der Waals surface area contributed by atoms with Crippen LogP contribution in [-0.4, -0.2) is 36.5 Å². The second kappa shape index (κ2) is 6.65. The smallest absolute Gasteiger partial charge is 0.306 e. The highest BCUT2D eigenvalue weighted by Gasteiger charge is 2.53. The van der Waals surface area contributed by atoms with Gasteiger partial charge in [-0.1, -0.05) is 37.6 Å². The van der Waals surface area contributed by atoms with Gasteiger partial charge in [-0.15, -0.1) is 0 Å². The molecule has 0 N–H and O–H groups in total. The Morgan fingerprint density at radius 3 is 2.52 bits per heavy atom. The Kier molecular flexibility index (Phi) is 4.56. The number of rotatable bonds is 4. The third-order valence-corrected chi connectivity index (χ3v) is 7.04. The number of hydrogen-bond acceptors (Lipinski definition) is 3. The number of cyclic esters (lactones) is 1. The van der Waals surface area contributed by atoms with Crippen LogP contribution >= 0.6 is 0 Å². The van der Waals surface area contributed by atoms with Gasteiger partial charge in [-0.05, 0) is 55.6 Å². The predicted octanol–water partition coefficient (Wildman–Crippen LogP) is 4.17. The minimum absolute atomic E-state index is 0.0325. The lowest BCUT2D eigenvalue weighted by Gasteiger charge is -2.47. The highest BCUT2D eigenvalue weighted by molar-refractivity contribution is 5.81. The number of hydrogen-bond donors (Lipinski definition) is 0. The summed E-state index contributed by atoms with van der Waals surface area (Å²) in [5.41, 5.74) is 4.14. The fourth-order valence-electron chi connectivity index (χ4n) is 5.12. The minimum atomic E-state index is -0.102. The van der Waals surface area contributed by atoms with Crippen molar-refractivity contribution in [2.75, 3.05) is 13.7 Å². The van der Waals surface area contributed by atoms with Crippen molar-refractivity contribution in [3.8, 4) is 0 Å². The molecular weight excluding hydrogens is 338 g/mol. The maximum atomic E-state index is 12.8. The molecule has 0 bridgehead atoms. The monoisotopic (exact) mass is 369 g/mol. The summed E-state index contributed by atoms with van der Waals surface area (Å²) >= 11 is 0. The van der Waals surface area contributed by atoms with E-state index < -0.39 is 0 Å². The zero-order valence-electron chi connectivity index (χ0n) is 17.0. The Morgan fingerprint density at radius 1 is 1.22 bits per heavy atom. The van der Waals surface area contributed by atoms with E-state index in [1.165, 1.54) is 16.7 Å². The van der Waals surface area contributed by atoms with Crippen LogP contribution in [0, 0.1) is 18.3 Å². The van der Waals surface area contributed by atoms with Crippen LogP contribution in [0.15, 0.2) is 18.2 Å². The normalized spacial score (nSPS) is 32.2. The van der Waals surface area contributed by atoms with Crippen molar-refractivity contribution in [3.05, 3.63) is 34.9 Å². The van der Waals surface area contributed by atoms with E-state index in [0.29, 0.717) is 30.9 Å². The number of carbonyl (C=O) groups is 2. The predicted molar refractivity (Wildman–Crippen MR) is 105 cm³/mol. The molecule has 4 nitrogen and oxygen atoms in total. The molecule has 2 saturated carbocycles. The van der Waals surface area contributed by atoms with Crippen molar-refractivity contribution in [1.82, 2.24) is 4.90 Å². The summed E-state index contributed by atoms with van der Waals surface area (Å²) in [4.78, 5) is 26.2. The summed E-state index contributed by atoms with van der Waals surface area (Å²) in [5.74, 6) is 1.35. The lowest BCUT2D eigenvalue weighted by molar-refractivity contribution is -0.146. The fraction of sp³-hybridized carbons (Fsp3) is 0.652. The number of amides is 1. The van der Waals surface area contributed by atoms with Crippen molar-refractivity contribution in [2.45, 2.75) is 70.8 Å². The molecule has 146 valence electrons. The quantitative estimate of drug-likeness (QED) is 0.749. The topological polar surface area (TPSA) is 46.6 Å². The van der Waals surface area contributed by atoms with E-state index >= 15 is 0 Å². The summed E-state index contributed by atoms with van der Waals surface area (Å²) in [5, 5.41) is 0. The second-order valence-electron chi connectivity index (χ2n) is 9.55. The van der Waals surface area contributed by atoms with Gasteiger partial charge in [-0.3, -0.25) is 9.59 Å². The van der Waals surface area contributed by atoms with Crippen LogP contribution in [0.4, 0.5) is 0 Å². The summed E-state index contributed by atoms with van der Waals surface area (Å²) in [6.45, 7) is 7.16. The molecule has 0 unspecified atom stereocenters. The molecule has 1 spiro atoms. The van der Waals surface area contributed by atoms with Crippen LogP contribution in [-0.2, 0) is 14.3 Å². The van der Waals surface area contributed by atoms with E-state index in [4.69, 9.17) is 4.74 Å². The molecule has 3 aliphatic rings. The first kappa shape index (κ1) is 18.5. The van der Waals surface area contributed by atoms with E-state index in [-0.39, 0.29) is 23.2 Å². The lowest BCUT2D eigenvalue weighted by Crippen LogP contribution is -2.51. The molecule has 0 atom stereocenters. The van der Waals surface area contributed by atoms with Crippen LogP contribution in [0.5, 0.6) is 0 Å². The van der Waals surface area contributed by atoms with Crippen molar-refractivity contribution in [1.29, 1.82) is 0 Å². The SMILES string of the molecule is Cc1cc(C(C)C)cc(C2CC(N(C)C(=O)C3CC4(COC(=O)C4)C3)C2)c1. The van der Waals surface area contributed by atoms with Gasteiger partial charge in [0.25, 0.3) is 0 Å². The zero-order chi connectivity index (χ0) is 19.3. The van der Waals surface area contributed by atoms with Gasteiger partial charge in [-0.2, -0.15) is 0 Å². The molecule has 3 fully saturated rings. The van der Waals surface area contributed by atoms with E-state index in [2.05, 4.69) is 39.0 Å². The summed E-state index contributed by atoms with van der Waals surface area (Å²) in [7, 11) is 1.96. The molecule has 27 heavy (non-hydrogen) atoms. The summed E-state index contributed by atoms with van der Waals surface area (Å²) in [6, 6.07) is 7.29. The summed E-state index contributed by atoms with van der Waals surface area (Å²) in [6.07, 6.45) is 4.24. The first-order chi connectivity index (χ1) is 12.8. The van der Waals surface area contributed by atoms with Gasteiger partial charge in [0.05, 0.1) is 13.0 Å². The van der Waals surface area contributed by atoms with Crippen LogP contribution in [0.25, 0.3) is 0 Å². The number of esters is 1. The third kappa shape index (κ3) is 3.39. The molecule has 0 radical (unpaired) electrons. The van der Waals surface area contributed by atoms with Gasteiger partial charge in [-0.25, -0.2) is 0 Å². The number of ether oxygens (including phenoxy) is 1. The molecular formula is C23H31NO3. The third-order valence-electron chi connectivity index (χ3n) is 7.04. The summed E-state index contributed by atoms with van der Waals surface area (Å²) < 4.78 is 5.11. The van der Waals surface area contributed by atoms with Gasteiger partial charge >= 0.3 is 5.97 Å². The zero-order valence-corrected chi connectivity index (χ0v) is 17.0. The molecule has 1 aliphatic heterocycles. The maximum absolute atomic E-state index is 12.8. The largest absolute Gasteiger partial charge is 0.465 e. The van der Waals surface area contributed by atoms with Gasteiger partial charge in [0.2, 0.25) is 5.91 Å². The molecule has 1 aromatic rings. The molecule has 2 aliphatic carbocycles. The van der Waals surface area contributed by atoms with Crippen LogP contribution < -0.4 is 0 Å². The second-order valence-corrected chi connectivity index (χ2v) is 9.55. The first-order valence-electron chi connectivity index (χ1n) is 10.3. The number of benzene rings is 1. The average molecular weight is 370 g/mol. The van der Waals surface area contributed by atoms with Gasteiger partial charge < -0.3 is 9.64 Å². The number of aryl methyl sites for hydroxylation is 1. The number of carbonyl (C=O) groups excluding carboxylic acids is 2. The standard InChI is InChI=1S/C23H31NO3/c1-14(2)16-5-15(3)6-17(7-16)18-8-20(9-18)24(4)22(26)19-10-23(11-19)12-21(25)27-13-23/h5-7,14,18-20H,8-13H2,1-4H3. The maximum Gasteiger partial charge on any atom is 0.306 e. The van der Waals surface area contributed by atoms with Crippen LogP contribution in [0.2, 0.25) is 0 Å². The number of nitrogens with zero attached hydrogens (tertiary/aromatic N) is 1.